The number of nitrogens with one attached hydrogen (secondary N) is 1. The third kappa shape index (κ3) is 7.90. The number of benzene rings is 3. The topological polar surface area (TPSA) is 125 Å². The van der Waals surface area contributed by atoms with Crippen molar-refractivity contribution >= 4 is 34.4 Å². The number of nitrogen functional groups attached to an aromatic ring is 1. The second-order valence-electron chi connectivity index (χ2n) is 10.5. The molecule has 9 nitrogen and oxygen atoms in total. The van der Waals surface area contributed by atoms with E-state index < -0.39 is 52.9 Å². The standard InChI is InChI=1S/C30H34F2N4O5S/c1-19(2)16-35(42(40)23-11-9-22(33)10-12-23)17-27(37)25(14-20-6-4-3-5-7-20)34-29(38)28-18-36(30(39)41-28)26-13-8-21(31)15-24(26)32/h3-13,15,19,25,27-28,37H,14,16-18,33H2,1-2H3,(H,34,38)/t25-,27+,28-,42?/m0/s1. The van der Waals surface area contributed by atoms with E-state index in [4.69, 9.17) is 10.5 Å². The Labute approximate surface area is 245 Å². The Morgan fingerprint density at radius 3 is 2.45 bits per heavy atom. The number of halogens is 2. The van der Waals surface area contributed by atoms with Crippen LogP contribution in [0.1, 0.15) is 19.4 Å². The SMILES string of the molecule is CC(C)CN(C[C@@H](O)[C@H](Cc1ccccc1)NC(=O)[C@@H]1CN(c2ccc(F)cc2F)C(=O)O1)S(=O)c1ccc(N)cc1. The number of nitrogens with two attached hydrogens (primary N) is 1. The summed E-state index contributed by atoms with van der Waals surface area (Å²) in [5.74, 6) is -2.35. The number of hydrogen-bond acceptors (Lipinski definition) is 6. The van der Waals surface area contributed by atoms with Crippen LogP contribution in [0, 0.1) is 17.6 Å². The normalized spacial score (nSPS) is 17.3. The smallest absolute Gasteiger partial charge is 0.415 e. The van der Waals surface area contributed by atoms with Gasteiger partial charge in [-0.2, -0.15) is 0 Å². The Bertz CT molecular complexity index is 1410. The fraction of sp³-hybridized carbons (Fsp3) is 0.333. The molecule has 3 aromatic rings. The van der Waals surface area contributed by atoms with Crippen LogP contribution in [0.15, 0.2) is 77.7 Å². The lowest BCUT2D eigenvalue weighted by Gasteiger charge is -2.30. The Morgan fingerprint density at radius 2 is 1.81 bits per heavy atom. The zero-order chi connectivity index (χ0) is 30.4. The molecule has 1 fully saturated rings. The number of nitrogens with zero attached hydrogens (tertiary/aromatic N) is 2. The zero-order valence-electron chi connectivity index (χ0n) is 23.3. The number of aliphatic hydroxyl groups is 1. The molecule has 0 bridgehead atoms. The van der Waals surface area contributed by atoms with Crippen molar-refractivity contribution < 1.29 is 32.4 Å². The molecule has 1 aliphatic rings. The van der Waals surface area contributed by atoms with Crippen molar-refractivity contribution in [3.63, 3.8) is 0 Å². The monoisotopic (exact) mass is 600 g/mol. The largest absolute Gasteiger partial charge is 0.434 e. The van der Waals surface area contributed by atoms with E-state index in [1.165, 1.54) is 0 Å². The minimum atomic E-state index is -1.62. The van der Waals surface area contributed by atoms with Crippen LogP contribution in [0.3, 0.4) is 0 Å². The highest BCUT2D eigenvalue weighted by molar-refractivity contribution is 7.82. The van der Waals surface area contributed by atoms with Crippen LogP contribution >= 0.6 is 0 Å². The van der Waals surface area contributed by atoms with Crippen molar-refractivity contribution in [1.82, 2.24) is 9.62 Å². The highest BCUT2D eigenvalue weighted by Crippen LogP contribution is 2.26. The lowest BCUT2D eigenvalue weighted by atomic mass is 10.0. The second kappa shape index (κ2) is 13.9. The average molecular weight is 601 g/mol. The fourth-order valence-electron chi connectivity index (χ4n) is 4.61. The number of carbonyl (C=O) groups excluding carboxylic acids is 2. The van der Waals surface area contributed by atoms with E-state index in [2.05, 4.69) is 5.32 Å². The number of ether oxygens (including phenoxy) is 1. The van der Waals surface area contributed by atoms with E-state index in [-0.39, 0.29) is 31.1 Å². The van der Waals surface area contributed by atoms with Gasteiger partial charge in [0.25, 0.3) is 5.91 Å². The van der Waals surface area contributed by atoms with Crippen LogP contribution in [0.5, 0.6) is 0 Å². The minimum Gasteiger partial charge on any atom is -0.434 e. The van der Waals surface area contributed by atoms with Gasteiger partial charge in [0.05, 0.1) is 29.3 Å². The van der Waals surface area contributed by atoms with E-state index >= 15 is 0 Å². The molecular weight excluding hydrogens is 566 g/mol. The molecule has 4 rings (SSSR count). The van der Waals surface area contributed by atoms with Gasteiger partial charge in [-0.05, 0) is 54.3 Å². The number of amides is 2. The van der Waals surface area contributed by atoms with Crippen molar-refractivity contribution in [1.29, 1.82) is 0 Å². The maximum atomic E-state index is 14.3. The summed E-state index contributed by atoms with van der Waals surface area (Å²) in [5, 5.41) is 14.2. The van der Waals surface area contributed by atoms with Gasteiger partial charge in [0, 0.05) is 24.8 Å². The van der Waals surface area contributed by atoms with Crippen LogP contribution in [0.25, 0.3) is 0 Å². The maximum Gasteiger partial charge on any atom is 0.415 e. The van der Waals surface area contributed by atoms with Crippen LogP contribution in [-0.4, -0.2) is 63.5 Å². The third-order valence-corrected chi connectivity index (χ3v) is 8.11. The summed E-state index contributed by atoms with van der Waals surface area (Å²) in [6.45, 7) is 3.99. The Balaban J connectivity index is 1.52. The number of aliphatic hydroxyl groups excluding tert-OH is 1. The van der Waals surface area contributed by atoms with Crippen LogP contribution < -0.4 is 16.0 Å². The van der Waals surface area contributed by atoms with Crippen molar-refractivity contribution in [2.45, 2.75) is 43.4 Å². The number of hydrogen-bond donors (Lipinski definition) is 3. The van der Waals surface area contributed by atoms with Gasteiger partial charge in [-0.25, -0.2) is 22.1 Å². The Kier molecular flexibility index (Phi) is 10.3. The molecule has 1 saturated heterocycles. The third-order valence-electron chi connectivity index (χ3n) is 6.67. The second-order valence-corrected chi connectivity index (χ2v) is 12.0. The molecular formula is C30H34F2N4O5S. The zero-order valence-corrected chi connectivity index (χ0v) is 24.1. The molecule has 2 amide bonds. The van der Waals surface area contributed by atoms with Crippen molar-refractivity contribution in [3.05, 3.63) is 90.0 Å². The van der Waals surface area contributed by atoms with Crippen molar-refractivity contribution in [2.75, 3.05) is 30.3 Å². The summed E-state index contributed by atoms with van der Waals surface area (Å²) in [4.78, 5) is 27.2. The Hall–Kier alpha value is -3.87. The van der Waals surface area contributed by atoms with E-state index in [1.807, 2.05) is 44.2 Å². The van der Waals surface area contributed by atoms with Gasteiger partial charge in [0.2, 0.25) is 0 Å². The number of anilines is 2. The van der Waals surface area contributed by atoms with Crippen LogP contribution in [0.2, 0.25) is 0 Å². The minimum absolute atomic E-state index is 0.0374. The first-order valence-corrected chi connectivity index (χ1v) is 14.6. The molecule has 224 valence electrons. The fourth-order valence-corrected chi connectivity index (χ4v) is 6.00. The molecule has 3 aromatic carbocycles. The summed E-state index contributed by atoms with van der Waals surface area (Å²) in [7, 11) is -1.62. The molecule has 12 heteroatoms. The molecule has 4 N–H and O–H groups in total. The molecule has 4 atom stereocenters. The van der Waals surface area contributed by atoms with Gasteiger partial charge in [0.1, 0.15) is 22.6 Å². The van der Waals surface area contributed by atoms with Crippen LogP contribution in [0.4, 0.5) is 25.0 Å². The van der Waals surface area contributed by atoms with Gasteiger partial charge in [-0.1, -0.05) is 44.2 Å². The number of rotatable bonds is 12. The first kappa shape index (κ1) is 31.1. The summed E-state index contributed by atoms with van der Waals surface area (Å²) in [5.41, 5.74) is 6.92. The van der Waals surface area contributed by atoms with Crippen molar-refractivity contribution in [2.24, 2.45) is 5.92 Å². The summed E-state index contributed by atoms with van der Waals surface area (Å²) in [6, 6.07) is 17.7. The highest BCUT2D eigenvalue weighted by Gasteiger charge is 2.39. The molecule has 0 spiro atoms. The molecule has 0 saturated carbocycles. The molecule has 42 heavy (non-hydrogen) atoms. The summed E-state index contributed by atoms with van der Waals surface area (Å²) in [6.07, 6.45) is -3.20. The van der Waals surface area contributed by atoms with E-state index in [0.717, 1.165) is 22.6 Å². The van der Waals surface area contributed by atoms with Gasteiger partial charge < -0.3 is 20.9 Å². The first-order valence-electron chi connectivity index (χ1n) is 13.5. The first-order chi connectivity index (χ1) is 20.0. The lowest BCUT2D eigenvalue weighted by Crippen LogP contribution is -2.53. The predicted molar refractivity (Wildman–Crippen MR) is 156 cm³/mol. The molecule has 1 aliphatic heterocycles. The highest BCUT2D eigenvalue weighted by atomic mass is 32.2. The summed E-state index contributed by atoms with van der Waals surface area (Å²) >= 11 is 0. The molecule has 0 aliphatic carbocycles. The molecule has 0 aromatic heterocycles. The van der Waals surface area contributed by atoms with Gasteiger partial charge >= 0.3 is 6.09 Å². The number of cyclic esters (lactones) is 1. The molecule has 0 radical (unpaired) electrons. The van der Waals surface area contributed by atoms with Gasteiger partial charge in [-0.15, -0.1) is 0 Å². The lowest BCUT2D eigenvalue weighted by molar-refractivity contribution is -0.129. The van der Waals surface area contributed by atoms with E-state index in [0.29, 0.717) is 23.2 Å². The molecule has 1 unspecified atom stereocenters. The van der Waals surface area contributed by atoms with Crippen molar-refractivity contribution in [3.8, 4) is 0 Å². The molecule has 1 heterocycles. The summed E-state index contributed by atoms with van der Waals surface area (Å²) < 4.78 is 48.0. The van der Waals surface area contributed by atoms with Gasteiger partial charge in [-0.3, -0.25) is 9.69 Å². The maximum absolute atomic E-state index is 14.3. The Morgan fingerprint density at radius 1 is 1.12 bits per heavy atom. The quantitative estimate of drug-likeness (QED) is 0.273. The number of carbonyl (C=O) groups is 2. The van der Waals surface area contributed by atoms with E-state index in [9.17, 15) is 27.7 Å². The van der Waals surface area contributed by atoms with E-state index in [1.54, 1.807) is 28.6 Å². The average Bonchev–Trinajstić information content (AvgIpc) is 3.34. The van der Waals surface area contributed by atoms with Crippen LogP contribution in [-0.2, 0) is 26.9 Å². The predicted octanol–water partition coefficient (Wildman–Crippen LogP) is 3.64. The van der Waals surface area contributed by atoms with Gasteiger partial charge in [0.15, 0.2) is 6.10 Å².